The Balaban J connectivity index is 1.86. The second-order valence-corrected chi connectivity index (χ2v) is 7.78. The molecule has 112 valence electrons. The van der Waals surface area contributed by atoms with Gasteiger partial charge in [0.2, 0.25) is 25.0 Å². The number of oxazole rings is 1. The highest BCUT2D eigenvalue weighted by atomic mass is 32.2. The van der Waals surface area contributed by atoms with Gasteiger partial charge in [0.1, 0.15) is 11.4 Å². The molecule has 0 unspecified atom stereocenters. The minimum absolute atomic E-state index is 0.00300. The monoisotopic (exact) mass is 336 g/mol. The van der Waals surface area contributed by atoms with Gasteiger partial charge in [-0.15, -0.1) is 5.10 Å². The van der Waals surface area contributed by atoms with Crippen LogP contribution < -0.4 is 0 Å². The van der Waals surface area contributed by atoms with Crippen LogP contribution in [0.3, 0.4) is 0 Å². The molecule has 0 aliphatic rings. The summed E-state index contributed by atoms with van der Waals surface area (Å²) in [5.74, 6) is 0.251. The summed E-state index contributed by atoms with van der Waals surface area (Å²) in [6.07, 6.45) is 2.62. The Morgan fingerprint density at radius 3 is 2.82 bits per heavy atom. The van der Waals surface area contributed by atoms with E-state index in [0.717, 1.165) is 17.6 Å². The Morgan fingerprint density at radius 2 is 2.14 bits per heavy atom. The van der Waals surface area contributed by atoms with Gasteiger partial charge < -0.3 is 9.52 Å². The highest BCUT2D eigenvalue weighted by Crippen LogP contribution is 2.30. The van der Waals surface area contributed by atoms with Crippen molar-refractivity contribution in [2.24, 2.45) is 0 Å². The molecule has 0 atom stereocenters. The van der Waals surface area contributed by atoms with Crippen molar-refractivity contribution >= 4 is 37.2 Å². The molecule has 0 saturated heterocycles. The lowest BCUT2D eigenvalue weighted by molar-refractivity contribution is 0.480. The van der Waals surface area contributed by atoms with Gasteiger partial charge in [-0.2, -0.15) is 0 Å². The smallest absolute Gasteiger partial charge is 0.248 e. The van der Waals surface area contributed by atoms with Gasteiger partial charge in [-0.25, -0.2) is 22.9 Å². The van der Waals surface area contributed by atoms with E-state index >= 15 is 0 Å². The summed E-state index contributed by atoms with van der Waals surface area (Å²) in [4.78, 5) is 8.87. The van der Waals surface area contributed by atoms with E-state index in [1.165, 1.54) is 16.8 Å². The number of phenolic OH excluding ortho intramolecular Hbond substituents is 1. The van der Waals surface area contributed by atoms with Crippen LogP contribution in [-0.4, -0.2) is 39.4 Å². The molecular weight excluding hydrogens is 328 g/mol. The van der Waals surface area contributed by atoms with E-state index in [4.69, 9.17) is 4.42 Å². The van der Waals surface area contributed by atoms with Gasteiger partial charge in [0.15, 0.2) is 11.1 Å². The van der Waals surface area contributed by atoms with E-state index in [-0.39, 0.29) is 16.0 Å². The van der Waals surface area contributed by atoms with Crippen molar-refractivity contribution in [3.8, 4) is 17.3 Å². The lowest BCUT2D eigenvalue weighted by Gasteiger charge is -1.87. The fourth-order valence-electron chi connectivity index (χ4n) is 1.98. The molecule has 1 N–H and O–H groups in total. The predicted molar refractivity (Wildman–Crippen MR) is 78.6 cm³/mol. The summed E-state index contributed by atoms with van der Waals surface area (Å²) in [5.41, 5.74) is 1.20. The van der Waals surface area contributed by atoms with Crippen LogP contribution in [-0.2, 0) is 9.84 Å². The Hall–Kier alpha value is -2.46. The van der Waals surface area contributed by atoms with Gasteiger partial charge in [-0.3, -0.25) is 0 Å². The maximum atomic E-state index is 11.5. The third-order valence-electron chi connectivity index (χ3n) is 2.96. The van der Waals surface area contributed by atoms with Gasteiger partial charge in [-0.05, 0) is 12.1 Å². The molecule has 0 amide bonds. The Morgan fingerprint density at radius 1 is 1.32 bits per heavy atom. The second-order valence-electron chi connectivity index (χ2n) is 4.64. The summed E-state index contributed by atoms with van der Waals surface area (Å²) in [5, 5.41) is 13.7. The molecule has 1 aromatic carbocycles. The van der Waals surface area contributed by atoms with E-state index in [1.54, 1.807) is 12.1 Å². The number of hydrogen-bond acceptors (Lipinski definition) is 8. The summed E-state index contributed by atoms with van der Waals surface area (Å²) < 4.78 is 29.8. The lowest BCUT2D eigenvalue weighted by Crippen LogP contribution is -1.96. The summed E-state index contributed by atoms with van der Waals surface area (Å²) in [6, 6.07) is 4.85. The van der Waals surface area contributed by atoms with Crippen molar-refractivity contribution in [1.29, 1.82) is 0 Å². The summed E-state index contributed by atoms with van der Waals surface area (Å²) in [6.45, 7) is 0. The van der Waals surface area contributed by atoms with E-state index in [0.29, 0.717) is 21.8 Å². The van der Waals surface area contributed by atoms with Crippen molar-refractivity contribution in [1.82, 2.24) is 19.6 Å². The topological polar surface area (TPSA) is 111 Å². The standard InChI is InChI=1S/C12H8N4O4S2/c1-22(18,19)12-15-16-5-6(13-11(16)21-12)10-14-9-7(17)3-2-4-8(9)20-10/h2-5,17H,1H3. The summed E-state index contributed by atoms with van der Waals surface area (Å²) in [7, 11) is -3.36. The minimum Gasteiger partial charge on any atom is -0.506 e. The second kappa shape index (κ2) is 4.27. The van der Waals surface area contributed by atoms with Gasteiger partial charge >= 0.3 is 0 Å². The number of benzene rings is 1. The van der Waals surface area contributed by atoms with Crippen LogP contribution >= 0.6 is 11.3 Å². The van der Waals surface area contributed by atoms with Crippen LogP contribution in [0.25, 0.3) is 27.6 Å². The van der Waals surface area contributed by atoms with Gasteiger partial charge in [-0.1, -0.05) is 17.4 Å². The van der Waals surface area contributed by atoms with Crippen LogP contribution in [0.1, 0.15) is 0 Å². The fraction of sp³-hybridized carbons (Fsp3) is 0.0833. The van der Waals surface area contributed by atoms with Crippen LogP contribution in [0.2, 0.25) is 0 Å². The number of imidazole rings is 1. The molecule has 4 rings (SSSR count). The SMILES string of the molecule is CS(=O)(=O)c1nn2cc(-c3nc4c(O)cccc4o3)nc2s1. The molecule has 10 heteroatoms. The maximum Gasteiger partial charge on any atom is 0.248 e. The van der Waals surface area contributed by atoms with Crippen molar-refractivity contribution < 1.29 is 17.9 Å². The number of fused-ring (bicyclic) bond motifs is 2. The van der Waals surface area contributed by atoms with E-state index in [1.807, 2.05) is 0 Å². The molecule has 0 spiro atoms. The number of aromatic nitrogens is 4. The summed E-state index contributed by atoms with van der Waals surface area (Å²) >= 11 is 0.964. The molecular formula is C12H8N4O4S2. The van der Waals surface area contributed by atoms with E-state index < -0.39 is 9.84 Å². The average Bonchev–Trinajstić information content (AvgIpc) is 3.09. The molecule has 0 aliphatic carbocycles. The van der Waals surface area contributed by atoms with Crippen molar-refractivity contribution in [3.05, 3.63) is 24.4 Å². The molecule has 3 heterocycles. The fourth-order valence-corrected chi connectivity index (χ4v) is 3.66. The Labute approximate surface area is 127 Å². The Kier molecular flexibility index (Phi) is 2.57. The highest BCUT2D eigenvalue weighted by molar-refractivity contribution is 7.92. The zero-order chi connectivity index (χ0) is 15.5. The number of nitrogens with zero attached hydrogens (tertiary/aromatic N) is 4. The van der Waals surface area contributed by atoms with Gasteiger partial charge in [0.05, 0.1) is 6.20 Å². The van der Waals surface area contributed by atoms with E-state index in [2.05, 4.69) is 15.1 Å². The third-order valence-corrected chi connectivity index (χ3v) is 5.55. The number of aromatic hydroxyl groups is 1. The van der Waals surface area contributed by atoms with Crippen LogP contribution in [0.15, 0.2) is 33.2 Å². The number of sulfone groups is 1. The molecule has 22 heavy (non-hydrogen) atoms. The molecule has 4 aromatic rings. The van der Waals surface area contributed by atoms with Crippen molar-refractivity contribution in [2.75, 3.05) is 6.26 Å². The van der Waals surface area contributed by atoms with Gasteiger partial charge in [0, 0.05) is 6.26 Å². The first-order chi connectivity index (χ1) is 10.4. The minimum atomic E-state index is -3.36. The molecule has 3 aromatic heterocycles. The van der Waals surface area contributed by atoms with Gasteiger partial charge in [0.25, 0.3) is 0 Å². The third kappa shape index (κ3) is 1.96. The predicted octanol–water partition coefficient (Wildman–Crippen LogP) is 1.71. The first kappa shape index (κ1) is 13.2. The lowest BCUT2D eigenvalue weighted by atomic mass is 10.3. The number of phenols is 1. The quantitative estimate of drug-likeness (QED) is 0.593. The molecule has 0 saturated carbocycles. The highest BCUT2D eigenvalue weighted by Gasteiger charge is 2.19. The zero-order valence-corrected chi connectivity index (χ0v) is 12.7. The molecule has 0 fully saturated rings. The molecule has 8 nitrogen and oxygen atoms in total. The average molecular weight is 336 g/mol. The maximum absolute atomic E-state index is 11.5. The van der Waals surface area contributed by atoms with Crippen LogP contribution in [0.5, 0.6) is 5.75 Å². The molecule has 0 aliphatic heterocycles. The van der Waals surface area contributed by atoms with Crippen LogP contribution in [0.4, 0.5) is 0 Å². The zero-order valence-electron chi connectivity index (χ0n) is 11.1. The van der Waals surface area contributed by atoms with Crippen molar-refractivity contribution in [3.63, 3.8) is 0 Å². The first-order valence-electron chi connectivity index (χ1n) is 6.07. The largest absolute Gasteiger partial charge is 0.506 e. The first-order valence-corrected chi connectivity index (χ1v) is 8.78. The number of hydrogen-bond donors (Lipinski definition) is 1. The van der Waals surface area contributed by atoms with E-state index in [9.17, 15) is 13.5 Å². The Bertz CT molecular complexity index is 1090. The normalized spacial score (nSPS) is 12.4. The van der Waals surface area contributed by atoms with Crippen LogP contribution in [0, 0.1) is 0 Å². The number of para-hydroxylation sites is 1. The number of rotatable bonds is 2. The van der Waals surface area contributed by atoms with Crippen molar-refractivity contribution in [2.45, 2.75) is 4.34 Å². The molecule has 0 bridgehead atoms. The molecule has 0 radical (unpaired) electrons.